The maximum absolute atomic E-state index is 13.6. The van der Waals surface area contributed by atoms with E-state index in [0.717, 1.165) is 21.1 Å². The number of hydrogen-bond donors (Lipinski definition) is 1. The molecule has 8 heteroatoms. The topological polar surface area (TPSA) is 64.0 Å². The van der Waals surface area contributed by atoms with E-state index in [1.807, 2.05) is 6.07 Å². The Morgan fingerprint density at radius 2 is 2.16 bits per heavy atom. The molecular weight excluding hydrogens is 348 g/mol. The standard InChI is InChI=1S/C17H13F2N3O2S/c18-5-7-22-10-12(8-13(19)17(22)24)21-16(23)15-4-3-14(25-15)11-2-1-6-20-9-11/h1-4,6,8-10H,5,7H2,(H,21,23). The van der Waals surface area contributed by atoms with E-state index in [0.29, 0.717) is 4.88 Å². The molecule has 0 aromatic carbocycles. The molecule has 128 valence electrons. The Hall–Kier alpha value is -2.87. The quantitative estimate of drug-likeness (QED) is 0.758. The number of nitrogens with one attached hydrogen (secondary N) is 1. The minimum absolute atomic E-state index is 0.0897. The molecule has 0 radical (unpaired) electrons. The molecule has 5 nitrogen and oxygen atoms in total. The lowest BCUT2D eigenvalue weighted by atomic mass is 10.2. The first kappa shape index (κ1) is 17.0. The average molecular weight is 361 g/mol. The lowest BCUT2D eigenvalue weighted by Crippen LogP contribution is -2.24. The number of carbonyl (C=O) groups is 1. The summed E-state index contributed by atoms with van der Waals surface area (Å²) in [7, 11) is 0. The van der Waals surface area contributed by atoms with Gasteiger partial charge in [-0.15, -0.1) is 11.3 Å². The molecule has 0 spiro atoms. The molecule has 0 fully saturated rings. The largest absolute Gasteiger partial charge is 0.320 e. The molecule has 0 aliphatic carbocycles. The van der Waals surface area contributed by atoms with E-state index >= 15 is 0 Å². The highest BCUT2D eigenvalue weighted by molar-refractivity contribution is 7.17. The van der Waals surface area contributed by atoms with E-state index in [4.69, 9.17) is 0 Å². The Morgan fingerprint density at radius 1 is 1.32 bits per heavy atom. The summed E-state index contributed by atoms with van der Waals surface area (Å²) in [5.74, 6) is -1.49. The highest BCUT2D eigenvalue weighted by Crippen LogP contribution is 2.27. The van der Waals surface area contributed by atoms with Crippen molar-refractivity contribution < 1.29 is 13.6 Å². The summed E-state index contributed by atoms with van der Waals surface area (Å²) < 4.78 is 27.0. The van der Waals surface area contributed by atoms with Gasteiger partial charge in [0.1, 0.15) is 6.67 Å². The molecular formula is C17H13F2N3O2S. The second-order valence-electron chi connectivity index (χ2n) is 5.12. The van der Waals surface area contributed by atoms with Gasteiger partial charge in [-0.1, -0.05) is 6.07 Å². The van der Waals surface area contributed by atoms with Gasteiger partial charge in [-0.2, -0.15) is 0 Å². The van der Waals surface area contributed by atoms with Crippen LogP contribution in [0, 0.1) is 5.82 Å². The lowest BCUT2D eigenvalue weighted by molar-refractivity contribution is 0.103. The Balaban J connectivity index is 1.81. The monoisotopic (exact) mass is 361 g/mol. The number of aromatic nitrogens is 2. The van der Waals surface area contributed by atoms with Crippen molar-refractivity contribution in [2.45, 2.75) is 6.54 Å². The zero-order valence-electron chi connectivity index (χ0n) is 12.9. The number of pyridine rings is 2. The van der Waals surface area contributed by atoms with E-state index in [2.05, 4.69) is 10.3 Å². The zero-order valence-corrected chi connectivity index (χ0v) is 13.7. The van der Waals surface area contributed by atoms with Crippen molar-refractivity contribution in [2.75, 3.05) is 12.0 Å². The predicted molar refractivity (Wildman–Crippen MR) is 92.1 cm³/mol. The fraction of sp³-hybridized carbons (Fsp3) is 0.118. The van der Waals surface area contributed by atoms with Crippen LogP contribution in [0.4, 0.5) is 14.5 Å². The molecule has 0 saturated heterocycles. The van der Waals surface area contributed by atoms with Crippen molar-refractivity contribution in [1.29, 1.82) is 0 Å². The molecule has 0 aliphatic rings. The van der Waals surface area contributed by atoms with Gasteiger partial charge in [0.2, 0.25) is 0 Å². The number of carbonyl (C=O) groups excluding carboxylic acids is 1. The van der Waals surface area contributed by atoms with E-state index in [1.54, 1.807) is 30.6 Å². The summed E-state index contributed by atoms with van der Waals surface area (Å²) in [5.41, 5.74) is 0.0478. The Labute approximate surface area is 145 Å². The normalized spacial score (nSPS) is 10.6. The molecule has 3 aromatic rings. The number of anilines is 1. The second kappa shape index (κ2) is 7.35. The van der Waals surface area contributed by atoms with Crippen molar-refractivity contribution in [3.63, 3.8) is 0 Å². The maximum Gasteiger partial charge on any atom is 0.286 e. The number of aryl methyl sites for hydroxylation is 1. The van der Waals surface area contributed by atoms with Gasteiger partial charge in [0.25, 0.3) is 11.5 Å². The highest BCUT2D eigenvalue weighted by atomic mass is 32.1. The van der Waals surface area contributed by atoms with Crippen LogP contribution in [0.2, 0.25) is 0 Å². The van der Waals surface area contributed by atoms with E-state index in [1.165, 1.54) is 17.5 Å². The Bertz CT molecular complexity index is 954. The molecule has 3 aromatic heterocycles. The van der Waals surface area contributed by atoms with Crippen molar-refractivity contribution in [1.82, 2.24) is 9.55 Å². The van der Waals surface area contributed by atoms with Gasteiger partial charge < -0.3 is 9.88 Å². The molecule has 0 saturated carbocycles. The summed E-state index contributed by atoms with van der Waals surface area (Å²) in [5, 5.41) is 2.52. The van der Waals surface area contributed by atoms with Crippen molar-refractivity contribution in [3.8, 4) is 10.4 Å². The van der Waals surface area contributed by atoms with E-state index in [9.17, 15) is 18.4 Å². The number of rotatable bonds is 5. The Kier molecular flexibility index (Phi) is 4.99. The van der Waals surface area contributed by atoms with Crippen molar-refractivity contribution in [3.05, 3.63) is 70.0 Å². The van der Waals surface area contributed by atoms with Crippen LogP contribution in [-0.4, -0.2) is 22.1 Å². The van der Waals surface area contributed by atoms with E-state index < -0.39 is 24.0 Å². The molecule has 0 bridgehead atoms. The SMILES string of the molecule is O=C(Nc1cc(F)c(=O)n(CCF)c1)c1ccc(-c2cccnc2)s1. The molecule has 0 aliphatic heterocycles. The lowest BCUT2D eigenvalue weighted by Gasteiger charge is -2.08. The maximum atomic E-state index is 13.6. The number of amides is 1. The summed E-state index contributed by atoms with van der Waals surface area (Å²) >= 11 is 1.26. The Morgan fingerprint density at radius 3 is 2.88 bits per heavy atom. The molecule has 3 heterocycles. The summed E-state index contributed by atoms with van der Waals surface area (Å²) in [6, 6.07) is 8.04. The molecule has 0 atom stereocenters. The van der Waals surface area contributed by atoms with Gasteiger partial charge in [0.15, 0.2) is 5.82 Å². The third-order valence-electron chi connectivity index (χ3n) is 3.40. The van der Waals surface area contributed by atoms with Crippen LogP contribution in [0.25, 0.3) is 10.4 Å². The first-order chi connectivity index (χ1) is 12.1. The number of nitrogens with zero attached hydrogens (tertiary/aromatic N) is 2. The fourth-order valence-corrected chi connectivity index (χ4v) is 3.13. The van der Waals surface area contributed by atoms with Gasteiger partial charge in [-0.05, 0) is 18.2 Å². The van der Waals surface area contributed by atoms with Crippen LogP contribution in [-0.2, 0) is 6.54 Å². The molecule has 3 rings (SSSR count). The van der Waals surface area contributed by atoms with Gasteiger partial charge in [-0.25, -0.2) is 8.78 Å². The number of halogens is 2. The van der Waals surface area contributed by atoms with Crippen molar-refractivity contribution in [2.24, 2.45) is 0 Å². The van der Waals surface area contributed by atoms with E-state index in [-0.39, 0.29) is 12.2 Å². The van der Waals surface area contributed by atoms with Crippen LogP contribution >= 0.6 is 11.3 Å². The van der Waals surface area contributed by atoms with Crippen molar-refractivity contribution >= 4 is 22.9 Å². The van der Waals surface area contributed by atoms with Crippen LogP contribution in [0.3, 0.4) is 0 Å². The summed E-state index contributed by atoms with van der Waals surface area (Å²) in [6.45, 7) is -1.08. The summed E-state index contributed by atoms with van der Waals surface area (Å²) in [6.07, 6.45) is 4.57. The first-order valence-electron chi connectivity index (χ1n) is 7.36. The third kappa shape index (κ3) is 3.80. The zero-order chi connectivity index (χ0) is 17.8. The van der Waals surface area contributed by atoms with Crippen LogP contribution < -0.4 is 10.9 Å². The number of hydrogen-bond acceptors (Lipinski definition) is 4. The number of thiophene rings is 1. The second-order valence-corrected chi connectivity index (χ2v) is 6.21. The molecule has 25 heavy (non-hydrogen) atoms. The minimum atomic E-state index is -1.05. The van der Waals surface area contributed by atoms with Crippen LogP contribution in [0.1, 0.15) is 9.67 Å². The molecule has 0 unspecified atom stereocenters. The van der Waals surface area contributed by atoms with Gasteiger partial charge in [0, 0.05) is 35.1 Å². The van der Waals surface area contributed by atoms with Crippen LogP contribution in [0.15, 0.2) is 53.7 Å². The van der Waals surface area contributed by atoms with Gasteiger partial charge in [0.05, 0.1) is 17.1 Å². The van der Waals surface area contributed by atoms with Gasteiger partial charge in [-0.3, -0.25) is 14.6 Å². The van der Waals surface area contributed by atoms with Crippen LogP contribution in [0.5, 0.6) is 0 Å². The smallest absolute Gasteiger partial charge is 0.286 e. The highest BCUT2D eigenvalue weighted by Gasteiger charge is 2.13. The summed E-state index contributed by atoms with van der Waals surface area (Å²) in [4.78, 5) is 29.2. The number of alkyl halides is 1. The third-order valence-corrected chi connectivity index (χ3v) is 4.53. The average Bonchev–Trinajstić information content (AvgIpc) is 3.10. The fourth-order valence-electron chi connectivity index (χ4n) is 2.24. The molecule has 1 amide bonds. The van der Waals surface area contributed by atoms with Gasteiger partial charge >= 0.3 is 0 Å². The minimum Gasteiger partial charge on any atom is -0.320 e. The molecule has 1 N–H and O–H groups in total. The first-order valence-corrected chi connectivity index (χ1v) is 8.17. The predicted octanol–water partition coefficient (Wildman–Crippen LogP) is 3.33.